The van der Waals surface area contributed by atoms with Crippen molar-refractivity contribution in [1.82, 2.24) is 10.2 Å². The molecule has 0 heterocycles. The molecule has 0 aliphatic carbocycles. The van der Waals surface area contributed by atoms with E-state index in [4.69, 9.17) is 16.3 Å². The Morgan fingerprint density at radius 2 is 1.78 bits per heavy atom. The number of amides is 2. The zero-order valence-electron chi connectivity index (χ0n) is 20.7. The number of aryl methyl sites for hydroxylation is 1. The molecule has 0 radical (unpaired) electrons. The van der Waals surface area contributed by atoms with Crippen LogP contribution in [0.4, 0.5) is 0 Å². The lowest BCUT2D eigenvalue weighted by Gasteiger charge is -2.32. The Hall–Kier alpha value is -2.83. The minimum atomic E-state index is -0.686. The van der Waals surface area contributed by atoms with E-state index in [0.717, 1.165) is 29.5 Å². The van der Waals surface area contributed by atoms with E-state index < -0.39 is 6.04 Å². The van der Waals surface area contributed by atoms with Gasteiger partial charge in [0.25, 0.3) is 5.91 Å². The monoisotopic (exact) mass is 570 g/mol. The number of hydrogen-bond donors (Lipinski definition) is 1. The fourth-order valence-electron chi connectivity index (χ4n) is 3.85. The van der Waals surface area contributed by atoms with E-state index in [1.807, 2.05) is 61.5 Å². The first-order valence-corrected chi connectivity index (χ1v) is 13.3. The van der Waals surface area contributed by atoms with E-state index in [1.165, 1.54) is 0 Å². The minimum absolute atomic E-state index is 0.165. The Morgan fingerprint density at radius 1 is 1.06 bits per heavy atom. The fraction of sp³-hybridized carbons (Fsp3) is 0.310. The molecule has 1 unspecified atom stereocenters. The van der Waals surface area contributed by atoms with Crippen molar-refractivity contribution < 1.29 is 14.3 Å². The topological polar surface area (TPSA) is 58.6 Å². The van der Waals surface area contributed by atoms with E-state index in [9.17, 15) is 9.59 Å². The molecule has 1 atom stereocenters. The number of halogens is 2. The number of rotatable bonds is 12. The van der Waals surface area contributed by atoms with Gasteiger partial charge in [0, 0.05) is 24.5 Å². The standard InChI is InChI=1S/C29H32BrClN2O3/c1-3-4-16-32-29(35)26(17-22-11-6-5-7-12-22)33(19-23-13-9-8-10-21(23)2)28(34)20-36-27-15-14-24(31)18-25(27)30/h5-15,18,26H,3-4,16-17,19-20H2,1-2H3,(H,32,35). The van der Waals surface area contributed by atoms with Gasteiger partial charge in [-0.3, -0.25) is 9.59 Å². The number of carbonyl (C=O) groups excluding carboxylic acids is 2. The molecule has 3 aromatic carbocycles. The van der Waals surface area contributed by atoms with Gasteiger partial charge < -0.3 is 15.0 Å². The van der Waals surface area contributed by atoms with E-state index in [0.29, 0.717) is 34.8 Å². The van der Waals surface area contributed by atoms with E-state index in [1.54, 1.807) is 23.1 Å². The predicted octanol–water partition coefficient (Wildman–Crippen LogP) is 6.35. The highest BCUT2D eigenvalue weighted by molar-refractivity contribution is 9.10. The molecule has 0 bridgehead atoms. The Kier molecular flexibility index (Phi) is 10.8. The summed E-state index contributed by atoms with van der Waals surface area (Å²) in [5.74, 6) is 0.0733. The van der Waals surface area contributed by atoms with Crippen molar-refractivity contribution in [3.63, 3.8) is 0 Å². The summed E-state index contributed by atoms with van der Waals surface area (Å²) in [6.07, 6.45) is 2.25. The third-order valence-corrected chi connectivity index (χ3v) is 6.80. The second-order valence-electron chi connectivity index (χ2n) is 8.66. The molecular weight excluding hydrogens is 540 g/mol. The molecule has 1 N–H and O–H groups in total. The normalized spacial score (nSPS) is 11.6. The lowest BCUT2D eigenvalue weighted by molar-refractivity contribution is -0.142. The third-order valence-electron chi connectivity index (χ3n) is 5.95. The van der Waals surface area contributed by atoms with E-state index in [-0.39, 0.29) is 18.4 Å². The highest BCUT2D eigenvalue weighted by Gasteiger charge is 2.31. The van der Waals surface area contributed by atoms with Crippen molar-refractivity contribution in [3.8, 4) is 5.75 Å². The van der Waals surface area contributed by atoms with Crippen LogP contribution in [-0.2, 0) is 22.6 Å². The van der Waals surface area contributed by atoms with E-state index in [2.05, 4.69) is 28.2 Å². The highest BCUT2D eigenvalue weighted by atomic mass is 79.9. The van der Waals surface area contributed by atoms with Crippen molar-refractivity contribution in [2.24, 2.45) is 0 Å². The number of nitrogens with zero attached hydrogens (tertiary/aromatic N) is 1. The zero-order valence-corrected chi connectivity index (χ0v) is 23.0. The van der Waals surface area contributed by atoms with Crippen molar-refractivity contribution in [1.29, 1.82) is 0 Å². The van der Waals surface area contributed by atoms with Crippen LogP contribution in [0.2, 0.25) is 5.02 Å². The van der Waals surface area contributed by atoms with Gasteiger partial charge in [0.1, 0.15) is 11.8 Å². The van der Waals surface area contributed by atoms with Crippen molar-refractivity contribution in [2.45, 2.75) is 45.7 Å². The van der Waals surface area contributed by atoms with Gasteiger partial charge in [0.05, 0.1) is 4.47 Å². The molecule has 0 spiro atoms. The second-order valence-corrected chi connectivity index (χ2v) is 9.95. The van der Waals surface area contributed by atoms with Gasteiger partial charge in [-0.2, -0.15) is 0 Å². The molecule has 0 aliphatic rings. The lowest BCUT2D eigenvalue weighted by Crippen LogP contribution is -2.52. The summed E-state index contributed by atoms with van der Waals surface area (Å²) in [6.45, 7) is 4.75. The van der Waals surface area contributed by atoms with Crippen molar-refractivity contribution in [3.05, 3.63) is 99.0 Å². The predicted molar refractivity (Wildman–Crippen MR) is 148 cm³/mol. The summed E-state index contributed by atoms with van der Waals surface area (Å²) in [4.78, 5) is 28.7. The third kappa shape index (κ3) is 8.10. The van der Waals surface area contributed by atoms with Crippen LogP contribution in [0.3, 0.4) is 0 Å². The fourth-order valence-corrected chi connectivity index (χ4v) is 4.64. The largest absolute Gasteiger partial charge is 0.483 e. The van der Waals surface area contributed by atoms with Crippen molar-refractivity contribution >= 4 is 39.3 Å². The minimum Gasteiger partial charge on any atom is -0.483 e. The Bertz CT molecular complexity index is 1160. The molecule has 0 fully saturated rings. The molecule has 2 amide bonds. The molecule has 36 heavy (non-hydrogen) atoms. The number of unbranched alkanes of at least 4 members (excludes halogenated alkanes) is 1. The summed E-state index contributed by atoms with van der Waals surface area (Å²) in [5.41, 5.74) is 3.02. The van der Waals surface area contributed by atoms with Crippen LogP contribution < -0.4 is 10.1 Å². The SMILES string of the molecule is CCCCNC(=O)C(Cc1ccccc1)N(Cc1ccccc1C)C(=O)COc1ccc(Cl)cc1Br. The van der Waals surface area contributed by atoms with Gasteiger partial charge in [0.2, 0.25) is 5.91 Å². The first kappa shape index (κ1) is 27.8. The Morgan fingerprint density at radius 3 is 2.47 bits per heavy atom. The maximum Gasteiger partial charge on any atom is 0.261 e. The quantitative estimate of drug-likeness (QED) is 0.258. The van der Waals surface area contributed by atoms with Crippen LogP contribution in [0.25, 0.3) is 0 Å². The summed E-state index contributed by atoms with van der Waals surface area (Å²) in [5, 5.41) is 3.60. The van der Waals surface area contributed by atoms with Gasteiger partial charge in [0.15, 0.2) is 6.61 Å². The van der Waals surface area contributed by atoms with Crippen molar-refractivity contribution in [2.75, 3.05) is 13.2 Å². The average molecular weight is 572 g/mol. The van der Waals surface area contributed by atoms with E-state index >= 15 is 0 Å². The smallest absolute Gasteiger partial charge is 0.261 e. The second kappa shape index (κ2) is 14.0. The number of nitrogens with one attached hydrogen (secondary N) is 1. The summed E-state index contributed by atoms with van der Waals surface area (Å²) in [7, 11) is 0. The molecule has 3 rings (SSSR count). The lowest BCUT2D eigenvalue weighted by atomic mass is 10.0. The van der Waals surface area contributed by atoms with Gasteiger partial charge in [-0.1, -0.05) is 79.5 Å². The zero-order chi connectivity index (χ0) is 25.9. The Balaban J connectivity index is 1.90. The molecule has 0 saturated carbocycles. The number of carbonyl (C=O) groups is 2. The first-order valence-electron chi connectivity index (χ1n) is 12.1. The molecule has 7 heteroatoms. The van der Waals surface area contributed by atoms with Gasteiger partial charge >= 0.3 is 0 Å². The summed E-state index contributed by atoms with van der Waals surface area (Å²) in [6, 6.07) is 22.1. The number of hydrogen-bond acceptors (Lipinski definition) is 3. The molecular formula is C29H32BrClN2O3. The molecule has 190 valence electrons. The highest BCUT2D eigenvalue weighted by Crippen LogP contribution is 2.28. The summed E-state index contributed by atoms with van der Waals surface area (Å²) < 4.78 is 6.51. The van der Waals surface area contributed by atoms with Crippen LogP contribution in [0, 0.1) is 6.92 Å². The summed E-state index contributed by atoms with van der Waals surface area (Å²) >= 11 is 9.47. The maximum absolute atomic E-state index is 13.7. The van der Waals surface area contributed by atoms with Gasteiger partial charge in [-0.05, 0) is 64.2 Å². The van der Waals surface area contributed by atoms with Gasteiger partial charge in [-0.15, -0.1) is 0 Å². The average Bonchev–Trinajstić information content (AvgIpc) is 2.87. The maximum atomic E-state index is 13.7. The molecule has 3 aromatic rings. The number of ether oxygens (including phenoxy) is 1. The Labute approximate surface area is 226 Å². The first-order chi connectivity index (χ1) is 17.4. The van der Waals surface area contributed by atoms with Gasteiger partial charge in [-0.25, -0.2) is 0 Å². The van der Waals surface area contributed by atoms with Crippen LogP contribution in [-0.4, -0.2) is 35.9 Å². The van der Waals surface area contributed by atoms with Crippen LogP contribution in [0.5, 0.6) is 5.75 Å². The van der Waals surface area contributed by atoms with Crippen LogP contribution in [0.1, 0.15) is 36.5 Å². The molecule has 0 saturated heterocycles. The molecule has 0 aromatic heterocycles. The molecule has 5 nitrogen and oxygen atoms in total. The van der Waals surface area contributed by atoms with Crippen LogP contribution >= 0.6 is 27.5 Å². The number of benzene rings is 3. The molecule has 0 aliphatic heterocycles. The van der Waals surface area contributed by atoms with Crippen LogP contribution in [0.15, 0.2) is 77.3 Å².